The van der Waals surface area contributed by atoms with E-state index in [-0.39, 0.29) is 0 Å². The minimum Gasteiger partial charge on any atom is -0.456 e. The summed E-state index contributed by atoms with van der Waals surface area (Å²) >= 11 is 0. The number of furan rings is 1. The van der Waals surface area contributed by atoms with Crippen LogP contribution in [0.5, 0.6) is 0 Å². The Morgan fingerprint density at radius 2 is 0.762 bits per heavy atom. The van der Waals surface area contributed by atoms with Crippen LogP contribution in [0, 0.1) is 0 Å². The van der Waals surface area contributed by atoms with Crippen molar-refractivity contribution in [1.29, 1.82) is 0 Å². The van der Waals surface area contributed by atoms with Crippen molar-refractivity contribution >= 4 is 39.0 Å². The van der Waals surface area contributed by atoms with Crippen molar-refractivity contribution in [2.45, 2.75) is 5.41 Å². The minimum atomic E-state index is -0.539. The monoisotopic (exact) mass is 801 g/mol. The van der Waals surface area contributed by atoms with E-state index in [1.165, 1.54) is 77.9 Å². The number of benzene rings is 10. The van der Waals surface area contributed by atoms with Crippen molar-refractivity contribution in [2.75, 3.05) is 4.90 Å². The summed E-state index contributed by atoms with van der Waals surface area (Å²) in [5, 5.41) is 2.19. The minimum absolute atomic E-state index is 0.539. The molecule has 2 nitrogen and oxygen atoms in total. The Morgan fingerprint density at radius 3 is 1.40 bits per heavy atom. The normalized spacial score (nSPS) is 12.9. The molecule has 1 heterocycles. The van der Waals surface area contributed by atoms with Crippen LogP contribution in [0.25, 0.3) is 77.6 Å². The van der Waals surface area contributed by atoms with Crippen LogP contribution >= 0.6 is 0 Å². The van der Waals surface area contributed by atoms with Crippen LogP contribution in [0.15, 0.2) is 241 Å². The van der Waals surface area contributed by atoms with Crippen molar-refractivity contribution in [3.05, 3.63) is 259 Å². The molecule has 0 bridgehead atoms. The van der Waals surface area contributed by atoms with Crippen molar-refractivity contribution in [2.24, 2.45) is 0 Å². The highest BCUT2D eigenvalue weighted by Gasteiger charge is 2.47. The largest absolute Gasteiger partial charge is 0.456 e. The third-order valence-electron chi connectivity index (χ3n) is 13.5. The summed E-state index contributed by atoms with van der Waals surface area (Å²) < 4.78 is 6.43. The van der Waals surface area contributed by atoms with Gasteiger partial charge in [0.25, 0.3) is 0 Å². The molecule has 1 aromatic heterocycles. The fraction of sp³-hybridized carbons (Fsp3) is 0.0164. The quantitative estimate of drug-likeness (QED) is 0.172. The Hall–Kier alpha value is -8.20. The van der Waals surface area contributed by atoms with Crippen LogP contribution in [-0.4, -0.2) is 0 Å². The van der Waals surface area contributed by atoms with E-state index < -0.39 is 5.41 Å². The predicted octanol–water partition coefficient (Wildman–Crippen LogP) is 16.4. The molecule has 0 fully saturated rings. The molecule has 294 valence electrons. The van der Waals surface area contributed by atoms with E-state index in [0.29, 0.717) is 0 Å². The molecular formula is C61H39NO. The van der Waals surface area contributed by atoms with Gasteiger partial charge in [-0.05, 0) is 115 Å². The maximum Gasteiger partial charge on any atom is 0.135 e. The number of rotatable bonds is 5. The van der Waals surface area contributed by atoms with Crippen LogP contribution < -0.4 is 4.90 Å². The third-order valence-corrected chi connectivity index (χ3v) is 13.5. The average Bonchev–Trinajstić information content (AvgIpc) is 3.88. The Morgan fingerprint density at radius 1 is 0.302 bits per heavy atom. The van der Waals surface area contributed by atoms with Gasteiger partial charge in [0.05, 0.1) is 11.1 Å². The van der Waals surface area contributed by atoms with E-state index in [4.69, 9.17) is 4.42 Å². The molecule has 0 saturated heterocycles. The lowest BCUT2D eigenvalue weighted by Crippen LogP contribution is -2.28. The van der Waals surface area contributed by atoms with Gasteiger partial charge in [-0.15, -0.1) is 0 Å². The molecule has 13 rings (SSSR count). The maximum atomic E-state index is 6.43. The molecule has 0 radical (unpaired) electrons. The lowest BCUT2D eigenvalue weighted by atomic mass is 9.68. The molecule has 0 unspecified atom stereocenters. The zero-order valence-electron chi connectivity index (χ0n) is 34.4. The SMILES string of the molecule is c1ccc(C2(c3ccccc3)c3ccccc3-c3c(N(c4ccc5c(c4)-c4ccccc4-c4ccccc4-c4ccccc4-5)c4ccc5oc6ccccc6c5c4)cccc32)cc1. The van der Waals surface area contributed by atoms with E-state index in [1.54, 1.807) is 0 Å². The standard InChI is InChI=1S/C61H39NO/c1-3-18-40(19-4-1)61(41-20-5-2-6-21-41)55-30-15-13-29-52(55)60-56(61)31-17-32-57(60)62(43-35-37-59-54(39-43)51-28-14-16-33-58(51)63-59)42-34-36-50-48-26-10-9-24-46(48)44-22-7-8-23-45(44)47-25-11-12-27-49(47)53(50)38-42/h1-39H. The summed E-state index contributed by atoms with van der Waals surface area (Å²) in [6, 6.07) is 86.9. The number of anilines is 3. The van der Waals surface area contributed by atoms with E-state index >= 15 is 0 Å². The summed E-state index contributed by atoms with van der Waals surface area (Å²) in [5.41, 5.74) is 21.8. The first-order chi connectivity index (χ1) is 31.3. The fourth-order valence-electron chi connectivity index (χ4n) is 10.9. The lowest BCUT2D eigenvalue weighted by molar-refractivity contribution is 0.669. The molecule has 2 aliphatic rings. The lowest BCUT2D eigenvalue weighted by Gasteiger charge is -2.34. The summed E-state index contributed by atoms with van der Waals surface area (Å²) in [6.07, 6.45) is 0. The van der Waals surface area contributed by atoms with Crippen LogP contribution in [0.2, 0.25) is 0 Å². The van der Waals surface area contributed by atoms with Gasteiger partial charge in [0.2, 0.25) is 0 Å². The summed E-state index contributed by atoms with van der Waals surface area (Å²) in [4.78, 5) is 2.49. The molecule has 0 atom stereocenters. The zero-order valence-corrected chi connectivity index (χ0v) is 34.4. The van der Waals surface area contributed by atoms with Crippen molar-refractivity contribution in [1.82, 2.24) is 0 Å². The first-order valence-electron chi connectivity index (χ1n) is 21.8. The number of hydrogen-bond acceptors (Lipinski definition) is 2. The van der Waals surface area contributed by atoms with Crippen LogP contribution in [0.3, 0.4) is 0 Å². The highest BCUT2D eigenvalue weighted by molar-refractivity contribution is 6.08. The second-order valence-corrected chi connectivity index (χ2v) is 16.7. The molecule has 11 aromatic rings. The highest BCUT2D eigenvalue weighted by Crippen LogP contribution is 2.60. The number of hydrogen-bond donors (Lipinski definition) is 0. The van der Waals surface area contributed by atoms with Crippen LogP contribution in [0.4, 0.5) is 17.1 Å². The van der Waals surface area contributed by atoms with E-state index in [0.717, 1.165) is 39.0 Å². The Kier molecular flexibility index (Phi) is 7.85. The Labute approximate surface area is 366 Å². The fourth-order valence-corrected chi connectivity index (χ4v) is 10.9. The molecule has 63 heavy (non-hydrogen) atoms. The third kappa shape index (κ3) is 5.19. The van der Waals surface area contributed by atoms with E-state index in [9.17, 15) is 0 Å². The summed E-state index contributed by atoms with van der Waals surface area (Å²) in [6.45, 7) is 0. The van der Waals surface area contributed by atoms with Gasteiger partial charge in [-0.1, -0.05) is 194 Å². The molecule has 2 aliphatic carbocycles. The number of para-hydroxylation sites is 1. The first kappa shape index (κ1) is 35.5. The van der Waals surface area contributed by atoms with Gasteiger partial charge in [-0.2, -0.15) is 0 Å². The van der Waals surface area contributed by atoms with Gasteiger partial charge in [-0.3, -0.25) is 0 Å². The van der Waals surface area contributed by atoms with Crippen LogP contribution in [0.1, 0.15) is 22.3 Å². The number of fused-ring (bicyclic) bond motifs is 14. The molecule has 10 aromatic carbocycles. The highest BCUT2D eigenvalue weighted by atomic mass is 16.3. The van der Waals surface area contributed by atoms with Crippen molar-refractivity contribution < 1.29 is 4.42 Å². The van der Waals surface area contributed by atoms with Gasteiger partial charge in [0.1, 0.15) is 11.2 Å². The van der Waals surface area contributed by atoms with Crippen LogP contribution in [-0.2, 0) is 5.41 Å². The molecule has 0 N–H and O–H groups in total. The maximum absolute atomic E-state index is 6.43. The summed E-state index contributed by atoms with van der Waals surface area (Å²) in [7, 11) is 0. The first-order valence-corrected chi connectivity index (χ1v) is 21.8. The predicted molar refractivity (Wildman–Crippen MR) is 261 cm³/mol. The second-order valence-electron chi connectivity index (χ2n) is 16.7. The van der Waals surface area contributed by atoms with E-state index in [1.807, 2.05) is 6.07 Å². The van der Waals surface area contributed by atoms with Gasteiger partial charge in [-0.25, -0.2) is 0 Å². The Balaban J connectivity index is 1.13. The summed E-state index contributed by atoms with van der Waals surface area (Å²) in [5.74, 6) is 0. The molecule has 0 spiro atoms. The molecule has 0 amide bonds. The van der Waals surface area contributed by atoms with Crippen molar-refractivity contribution in [3.63, 3.8) is 0 Å². The Bertz CT molecular complexity index is 3540. The molecule has 2 heteroatoms. The zero-order chi connectivity index (χ0) is 41.5. The van der Waals surface area contributed by atoms with Gasteiger partial charge < -0.3 is 9.32 Å². The topological polar surface area (TPSA) is 16.4 Å². The number of nitrogens with zero attached hydrogens (tertiary/aromatic N) is 1. The van der Waals surface area contributed by atoms with E-state index in [2.05, 4.69) is 235 Å². The van der Waals surface area contributed by atoms with Crippen molar-refractivity contribution in [3.8, 4) is 55.6 Å². The average molecular weight is 802 g/mol. The second kappa shape index (κ2) is 13.9. The van der Waals surface area contributed by atoms with Gasteiger partial charge in [0.15, 0.2) is 0 Å². The molecule has 0 aliphatic heterocycles. The smallest absolute Gasteiger partial charge is 0.135 e. The van der Waals surface area contributed by atoms with Gasteiger partial charge >= 0.3 is 0 Å². The molecular weight excluding hydrogens is 763 g/mol. The van der Waals surface area contributed by atoms with Gasteiger partial charge in [0, 0.05) is 27.7 Å². The molecule has 0 saturated carbocycles.